The van der Waals surface area contributed by atoms with E-state index in [0.717, 1.165) is 51.6 Å². The fourth-order valence-corrected chi connectivity index (χ4v) is 5.93. The quantitative estimate of drug-likeness (QED) is 0.745. The van der Waals surface area contributed by atoms with Gasteiger partial charge in [-0.25, -0.2) is 4.39 Å². The van der Waals surface area contributed by atoms with E-state index < -0.39 is 12.3 Å². The van der Waals surface area contributed by atoms with Gasteiger partial charge < -0.3 is 15.4 Å². The van der Waals surface area contributed by atoms with Gasteiger partial charge in [0.05, 0.1) is 12.3 Å². The van der Waals surface area contributed by atoms with Crippen molar-refractivity contribution < 1.29 is 18.7 Å². The van der Waals surface area contributed by atoms with E-state index >= 15 is 0 Å². The van der Waals surface area contributed by atoms with Gasteiger partial charge in [-0.1, -0.05) is 12.8 Å². The Labute approximate surface area is 173 Å². The van der Waals surface area contributed by atoms with Crippen molar-refractivity contribution in [3.05, 3.63) is 0 Å². The molecular weight excluding hydrogens is 373 g/mol. The average Bonchev–Trinajstić information content (AvgIpc) is 3.13. The van der Waals surface area contributed by atoms with Gasteiger partial charge in [-0.2, -0.15) is 0 Å². The number of nitrogens with zero attached hydrogens (tertiary/aromatic N) is 1. The van der Waals surface area contributed by atoms with Crippen molar-refractivity contribution in [2.24, 2.45) is 11.8 Å². The van der Waals surface area contributed by atoms with Crippen LogP contribution >= 0.6 is 0 Å². The van der Waals surface area contributed by atoms with Crippen LogP contribution in [0.15, 0.2) is 0 Å². The maximum absolute atomic E-state index is 15.0. The van der Waals surface area contributed by atoms with Crippen LogP contribution < -0.4 is 10.6 Å². The van der Waals surface area contributed by atoms with Crippen LogP contribution in [0.25, 0.3) is 0 Å². The van der Waals surface area contributed by atoms with Crippen LogP contribution in [0.4, 0.5) is 4.39 Å². The molecule has 4 rings (SSSR count). The van der Waals surface area contributed by atoms with Gasteiger partial charge in [0.15, 0.2) is 0 Å². The van der Waals surface area contributed by atoms with Crippen LogP contribution in [0.1, 0.15) is 65.2 Å². The number of hydrogen-bond acceptors (Lipinski definition) is 5. The third-order valence-corrected chi connectivity index (χ3v) is 7.72. The zero-order chi connectivity index (χ0) is 20.5. The molecule has 29 heavy (non-hydrogen) atoms. The zero-order valence-electron chi connectivity index (χ0n) is 17.7. The lowest BCUT2D eigenvalue weighted by Gasteiger charge is -2.41. The second-order valence-corrected chi connectivity index (χ2v) is 9.55. The van der Waals surface area contributed by atoms with Gasteiger partial charge in [-0.3, -0.25) is 14.5 Å². The third kappa shape index (κ3) is 4.52. The third-order valence-electron chi connectivity index (χ3n) is 7.72. The van der Waals surface area contributed by atoms with Gasteiger partial charge in [0.1, 0.15) is 18.1 Å². The first kappa shape index (κ1) is 21.2. The number of hydrogen-bond donors (Lipinski definition) is 2. The van der Waals surface area contributed by atoms with Crippen molar-refractivity contribution in [3.63, 3.8) is 0 Å². The monoisotopic (exact) mass is 409 g/mol. The number of ketones is 1. The van der Waals surface area contributed by atoms with Crippen molar-refractivity contribution in [1.29, 1.82) is 0 Å². The highest BCUT2D eigenvalue weighted by atomic mass is 19.1. The first-order valence-electron chi connectivity index (χ1n) is 11.6. The molecule has 2 aliphatic heterocycles. The SMILES string of the molecule is CC1NCCN1C1CCC([C@H](C)NC(=O)C2CC(=O)C3CCCCC3O2)CC1F. The minimum absolute atomic E-state index is 0.0183. The van der Waals surface area contributed by atoms with Crippen molar-refractivity contribution in [1.82, 2.24) is 15.5 Å². The van der Waals surface area contributed by atoms with Crippen molar-refractivity contribution in [2.75, 3.05) is 13.1 Å². The molecule has 0 bridgehead atoms. The number of Topliss-reactive ketones (excluding diaryl/α,β-unsaturated/α-hetero) is 1. The minimum Gasteiger partial charge on any atom is -0.364 e. The summed E-state index contributed by atoms with van der Waals surface area (Å²) < 4.78 is 21.0. The molecule has 2 aliphatic carbocycles. The zero-order valence-corrected chi connectivity index (χ0v) is 17.7. The molecule has 2 heterocycles. The Morgan fingerprint density at radius 2 is 2.07 bits per heavy atom. The largest absolute Gasteiger partial charge is 0.364 e. The number of nitrogens with one attached hydrogen (secondary N) is 2. The topological polar surface area (TPSA) is 70.7 Å². The Kier molecular flexibility index (Phi) is 6.56. The molecule has 7 unspecified atom stereocenters. The van der Waals surface area contributed by atoms with E-state index in [2.05, 4.69) is 22.5 Å². The molecular formula is C22H36FN3O3. The molecule has 4 aliphatic rings. The van der Waals surface area contributed by atoms with E-state index in [1.165, 1.54) is 0 Å². The second-order valence-electron chi connectivity index (χ2n) is 9.55. The molecule has 7 heteroatoms. The molecule has 2 N–H and O–H groups in total. The molecule has 0 aromatic rings. The Balaban J connectivity index is 1.28. The van der Waals surface area contributed by atoms with Crippen LogP contribution in [0.3, 0.4) is 0 Å². The number of carbonyl (C=O) groups excluding carboxylic acids is 2. The molecule has 0 spiro atoms. The summed E-state index contributed by atoms with van der Waals surface area (Å²) >= 11 is 0. The second kappa shape index (κ2) is 8.98. The van der Waals surface area contributed by atoms with Crippen LogP contribution in [0, 0.1) is 11.8 Å². The molecule has 0 radical (unpaired) electrons. The summed E-state index contributed by atoms with van der Waals surface area (Å²) in [6.07, 6.45) is 4.86. The molecule has 2 saturated carbocycles. The van der Waals surface area contributed by atoms with Crippen molar-refractivity contribution in [2.45, 2.75) is 102 Å². The van der Waals surface area contributed by atoms with E-state index in [1.807, 2.05) is 6.92 Å². The number of ether oxygens (including phenoxy) is 1. The predicted octanol–water partition coefficient (Wildman–Crippen LogP) is 2.17. The highest BCUT2D eigenvalue weighted by Gasteiger charge is 2.43. The van der Waals surface area contributed by atoms with E-state index in [9.17, 15) is 14.0 Å². The van der Waals surface area contributed by atoms with Crippen molar-refractivity contribution >= 4 is 11.7 Å². The predicted molar refractivity (Wildman–Crippen MR) is 108 cm³/mol. The maximum Gasteiger partial charge on any atom is 0.249 e. The number of alkyl halides is 1. The lowest BCUT2D eigenvalue weighted by molar-refractivity contribution is -0.162. The minimum atomic E-state index is -0.869. The summed E-state index contributed by atoms with van der Waals surface area (Å²) in [6.45, 7) is 5.88. The molecule has 8 atom stereocenters. The first-order valence-corrected chi connectivity index (χ1v) is 11.6. The van der Waals surface area contributed by atoms with Gasteiger partial charge in [0, 0.05) is 37.5 Å². The molecule has 1 amide bonds. The lowest BCUT2D eigenvalue weighted by atomic mass is 9.79. The van der Waals surface area contributed by atoms with Crippen molar-refractivity contribution in [3.8, 4) is 0 Å². The molecule has 4 fully saturated rings. The fraction of sp³-hybridized carbons (Fsp3) is 0.909. The van der Waals surface area contributed by atoms with E-state index in [4.69, 9.17) is 4.74 Å². The number of fused-ring (bicyclic) bond motifs is 1. The van der Waals surface area contributed by atoms with E-state index in [-0.39, 0.29) is 54.3 Å². The highest BCUT2D eigenvalue weighted by Crippen LogP contribution is 2.35. The summed E-state index contributed by atoms with van der Waals surface area (Å²) in [6, 6.07) is -0.139. The average molecular weight is 410 g/mol. The van der Waals surface area contributed by atoms with Gasteiger partial charge in [-0.05, 0) is 51.9 Å². The molecule has 0 aromatic carbocycles. The highest BCUT2D eigenvalue weighted by molar-refractivity contribution is 5.91. The Morgan fingerprint density at radius 3 is 2.79 bits per heavy atom. The van der Waals surface area contributed by atoms with E-state index in [0.29, 0.717) is 6.42 Å². The van der Waals surface area contributed by atoms with E-state index in [1.54, 1.807) is 0 Å². The summed E-state index contributed by atoms with van der Waals surface area (Å²) in [4.78, 5) is 27.5. The summed E-state index contributed by atoms with van der Waals surface area (Å²) in [5, 5.41) is 6.41. The van der Waals surface area contributed by atoms with Gasteiger partial charge in [-0.15, -0.1) is 0 Å². The standard InChI is InChI=1S/C22H36FN3O3/c1-13(15-7-8-18(17(23)11-15)26-10-9-24-14(26)2)25-22(28)21-12-19(27)16-5-3-4-6-20(16)29-21/h13-18,20-21,24H,3-12H2,1-2H3,(H,25,28)/t13-,14?,15?,16?,17?,18?,20?,21?/m0/s1. The molecule has 6 nitrogen and oxygen atoms in total. The Bertz CT molecular complexity index is 618. The van der Waals surface area contributed by atoms with Crippen LogP contribution in [0.2, 0.25) is 0 Å². The lowest BCUT2D eigenvalue weighted by Crippen LogP contribution is -2.53. The summed E-state index contributed by atoms with van der Waals surface area (Å²) in [7, 11) is 0. The van der Waals surface area contributed by atoms with Gasteiger partial charge in [0.2, 0.25) is 5.91 Å². The van der Waals surface area contributed by atoms with Gasteiger partial charge in [0.25, 0.3) is 0 Å². The Hall–Kier alpha value is -1.05. The maximum atomic E-state index is 15.0. The number of amides is 1. The summed E-state index contributed by atoms with van der Waals surface area (Å²) in [5.41, 5.74) is 0. The van der Waals surface area contributed by atoms with Crippen LogP contribution in [0.5, 0.6) is 0 Å². The summed E-state index contributed by atoms with van der Waals surface area (Å²) in [5.74, 6) is 0.0734. The van der Waals surface area contributed by atoms with Crippen LogP contribution in [-0.4, -0.2) is 66.3 Å². The first-order chi connectivity index (χ1) is 13.9. The normalized spacial score (nSPS) is 42.3. The Morgan fingerprint density at radius 1 is 1.28 bits per heavy atom. The smallest absolute Gasteiger partial charge is 0.249 e. The van der Waals surface area contributed by atoms with Gasteiger partial charge >= 0.3 is 0 Å². The molecule has 2 saturated heterocycles. The number of halogens is 1. The van der Waals surface area contributed by atoms with Crippen LogP contribution in [-0.2, 0) is 14.3 Å². The number of carbonyl (C=O) groups is 2. The molecule has 164 valence electrons. The fourth-order valence-electron chi connectivity index (χ4n) is 5.93. The number of rotatable bonds is 4. The molecule has 0 aromatic heterocycles.